The summed E-state index contributed by atoms with van der Waals surface area (Å²) >= 11 is 0. The highest BCUT2D eigenvalue weighted by Crippen LogP contribution is 2.28. The fourth-order valence-corrected chi connectivity index (χ4v) is 4.22. The van der Waals surface area contributed by atoms with E-state index in [2.05, 4.69) is 10.0 Å². The highest BCUT2D eigenvalue weighted by Gasteiger charge is 2.23. The van der Waals surface area contributed by atoms with Gasteiger partial charge in [0.2, 0.25) is 5.91 Å². The number of hydrogen-bond donors (Lipinski definition) is 2. The molecular formula is C19H22N2O4S. The van der Waals surface area contributed by atoms with E-state index in [0.29, 0.717) is 17.1 Å². The largest absolute Gasteiger partial charge is 0.495 e. The molecular weight excluding hydrogens is 352 g/mol. The van der Waals surface area contributed by atoms with Crippen molar-refractivity contribution in [3.05, 3.63) is 48.5 Å². The first-order valence-electron chi connectivity index (χ1n) is 8.56. The van der Waals surface area contributed by atoms with Crippen molar-refractivity contribution >= 4 is 27.3 Å². The molecule has 1 amide bonds. The van der Waals surface area contributed by atoms with Crippen LogP contribution in [0.2, 0.25) is 0 Å². The molecule has 2 aromatic carbocycles. The lowest BCUT2D eigenvalue weighted by atomic mass is 10.1. The lowest BCUT2D eigenvalue weighted by Crippen LogP contribution is -2.20. The number of anilines is 2. The first-order valence-corrected chi connectivity index (χ1v) is 10.0. The number of carbonyl (C=O) groups excluding carboxylic acids is 1. The van der Waals surface area contributed by atoms with Gasteiger partial charge in [-0.2, -0.15) is 0 Å². The number of rotatable bonds is 6. The van der Waals surface area contributed by atoms with Crippen LogP contribution in [0.4, 0.5) is 11.4 Å². The first-order chi connectivity index (χ1) is 12.5. The van der Waals surface area contributed by atoms with Gasteiger partial charge in [-0.3, -0.25) is 9.52 Å². The monoisotopic (exact) mass is 374 g/mol. The molecule has 6 nitrogen and oxygen atoms in total. The van der Waals surface area contributed by atoms with Crippen LogP contribution in [-0.2, 0) is 14.8 Å². The average molecular weight is 374 g/mol. The van der Waals surface area contributed by atoms with Gasteiger partial charge in [0, 0.05) is 11.6 Å². The summed E-state index contributed by atoms with van der Waals surface area (Å²) in [4.78, 5) is 12.3. The first kappa shape index (κ1) is 18.3. The van der Waals surface area contributed by atoms with Crippen LogP contribution in [0.25, 0.3) is 0 Å². The third kappa shape index (κ3) is 4.16. The molecule has 0 aromatic heterocycles. The Morgan fingerprint density at radius 3 is 2.54 bits per heavy atom. The Kier molecular flexibility index (Phi) is 5.46. The molecule has 1 fully saturated rings. The maximum Gasteiger partial charge on any atom is 0.262 e. The van der Waals surface area contributed by atoms with Crippen molar-refractivity contribution in [2.24, 2.45) is 5.92 Å². The summed E-state index contributed by atoms with van der Waals surface area (Å²) in [6.45, 7) is 0. The van der Waals surface area contributed by atoms with Gasteiger partial charge in [0.25, 0.3) is 10.0 Å². The van der Waals surface area contributed by atoms with Crippen molar-refractivity contribution in [1.82, 2.24) is 0 Å². The number of sulfonamides is 1. The Bertz CT molecular complexity index is 890. The van der Waals surface area contributed by atoms with E-state index >= 15 is 0 Å². The van der Waals surface area contributed by atoms with E-state index < -0.39 is 10.0 Å². The maximum absolute atomic E-state index is 12.7. The Balaban J connectivity index is 1.78. The van der Waals surface area contributed by atoms with Crippen LogP contribution in [0.15, 0.2) is 53.4 Å². The number of para-hydroxylation sites is 2. The Morgan fingerprint density at radius 1 is 1.08 bits per heavy atom. The molecule has 7 heteroatoms. The molecule has 1 aliphatic rings. The van der Waals surface area contributed by atoms with Gasteiger partial charge in [0.05, 0.1) is 17.7 Å². The molecule has 1 saturated carbocycles. The number of amides is 1. The maximum atomic E-state index is 12.7. The smallest absolute Gasteiger partial charge is 0.262 e. The number of methoxy groups -OCH3 is 1. The molecule has 0 bridgehead atoms. The van der Waals surface area contributed by atoms with E-state index in [4.69, 9.17) is 4.74 Å². The van der Waals surface area contributed by atoms with Gasteiger partial charge in [-0.1, -0.05) is 31.0 Å². The molecule has 2 aromatic rings. The minimum atomic E-state index is -3.80. The highest BCUT2D eigenvalue weighted by molar-refractivity contribution is 7.92. The Labute approximate surface area is 153 Å². The number of ether oxygens (including phenoxy) is 1. The predicted molar refractivity (Wildman–Crippen MR) is 101 cm³/mol. The van der Waals surface area contributed by atoms with E-state index in [1.54, 1.807) is 36.4 Å². The van der Waals surface area contributed by atoms with Crippen LogP contribution in [0.1, 0.15) is 25.7 Å². The molecule has 0 unspecified atom stereocenters. The molecule has 0 heterocycles. The summed E-state index contributed by atoms with van der Waals surface area (Å²) < 4.78 is 33.1. The molecule has 138 valence electrons. The third-order valence-electron chi connectivity index (χ3n) is 4.49. The predicted octanol–water partition coefficient (Wildman–Crippen LogP) is 3.62. The number of nitrogens with one attached hydrogen (secondary N) is 2. The second-order valence-corrected chi connectivity index (χ2v) is 7.99. The summed E-state index contributed by atoms with van der Waals surface area (Å²) in [5.74, 6) is 0.401. The summed E-state index contributed by atoms with van der Waals surface area (Å²) in [5, 5.41) is 2.83. The van der Waals surface area contributed by atoms with E-state index in [-0.39, 0.29) is 16.7 Å². The van der Waals surface area contributed by atoms with Crippen LogP contribution in [0.5, 0.6) is 5.75 Å². The van der Waals surface area contributed by atoms with Crippen molar-refractivity contribution in [2.75, 3.05) is 17.1 Å². The van der Waals surface area contributed by atoms with E-state index in [1.165, 1.54) is 19.2 Å². The van der Waals surface area contributed by atoms with E-state index in [0.717, 1.165) is 25.7 Å². The van der Waals surface area contributed by atoms with Crippen LogP contribution in [0.3, 0.4) is 0 Å². The van der Waals surface area contributed by atoms with Gasteiger partial charge in [0.1, 0.15) is 5.75 Å². The van der Waals surface area contributed by atoms with E-state index in [9.17, 15) is 13.2 Å². The summed E-state index contributed by atoms with van der Waals surface area (Å²) in [5.41, 5.74) is 0.834. The Morgan fingerprint density at radius 2 is 1.81 bits per heavy atom. The summed E-state index contributed by atoms with van der Waals surface area (Å²) in [7, 11) is -2.33. The van der Waals surface area contributed by atoms with Crippen molar-refractivity contribution in [1.29, 1.82) is 0 Å². The average Bonchev–Trinajstić information content (AvgIpc) is 3.17. The van der Waals surface area contributed by atoms with Crippen molar-refractivity contribution < 1.29 is 17.9 Å². The van der Waals surface area contributed by atoms with E-state index in [1.807, 2.05) is 0 Å². The van der Waals surface area contributed by atoms with Crippen LogP contribution in [0, 0.1) is 5.92 Å². The molecule has 0 spiro atoms. The van der Waals surface area contributed by atoms with Gasteiger partial charge in [0.15, 0.2) is 0 Å². The van der Waals surface area contributed by atoms with Crippen molar-refractivity contribution in [2.45, 2.75) is 30.6 Å². The standard InChI is InChI=1S/C19H22N2O4S/c1-25-18-12-5-4-11-17(18)21-26(23,24)16-10-6-9-15(13-16)20-19(22)14-7-2-3-8-14/h4-6,9-14,21H,2-3,7-8H2,1H3,(H,20,22). The van der Waals surface area contributed by atoms with Crippen molar-refractivity contribution in [3.63, 3.8) is 0 Å². The Hall–Kier alpha value is -2.54. The van der Waals surface area contributed by atoms with Crippen LogP contribution >= 0.6 is 0 Å². The van der Waals surface area contributed by atoms with Crippen molar-refractivity contribution in [3.8, 4) is 5.75 Å². The van der Waals surface area contributed by atoms with Gasteiger partial charge in [-0.15, -0.1) is 0 Å². The normalized spacial score (nSPS) is 14.8. The number of carbonyl (C=O) groups is 1. The minimum absolute atomic E-state index is 0.0157. The fraction of sp³-hybridized carbons (Fsp3) is 0.316. The molecule has 0 radical (unpaired) electrons. The quantitative estimate of drug-likeness (QED) is 0.809. The SMILES string of the molecule is COc1ccccc1NS(=O)(=O)c1cccc(NC(=O)C2CCCC2)c1. The molecule has 26 heavy (non-hydrogen) atoms. The third-order valence-corrected chi connectivity index (χ3v) is 5.85. The van der Waals surface area contributed by atoms with Crippen LogP contribution < -0.4 is 14.8 Å². The molecule has 2 N–H and O–H groups in total. The summed E-state index contributed by atoms with van der Waals surface area (Å²) in [6.07, 6.45) is 3.91. The topological polar surface area (TPSA) is 84.5 Å². The molecule has 0 atom stereocenters. The lowest BCUT2D eigenvalue weighted by molar-refractivity contribution is -0.119. The zero-order valence-corrected chi connectivity index (χ0v) is 15.4. The van der Waals surface area contributed by atoms with Gasteiger partial charge < -0.3 is 10.1 Å². The molecule has 1 aliphatic carbocycles. The van der Waals surface area contributed by atoms with Gasteiger partial charge >= 0.3 is 0 Å². The zero-order chi connectivity index (χ0) is 18.6. The van der Waals surface area contributed by atoms with Crippen LogP contribution in [-0.4, -0.2) is 21.4 Å². The highest BCUT2D eigenvalue weighted by atomic mass is 32.2. The number of benzene rings is 2. The number of hydrogen-bond acceptors (Lipinski definition) is 4. The molecule has 0 aliphatic heterocycles. The zero-order valence-electron chi connectivity index (χ0n) is 14.6. The second-order valence-electron chi connectivity index (χ2n) is 6.30. The summed E-state index contributed by atoms with van der Waals surface area (Å²) in [6, 6.07) is 13.0. The van der Waals surface area contributed by atoms with Gasteiger partial charge in [-0.25, -0.2) is 8.42 Å². The second kappa shape index (κ2) is 7.78. The lowest BCUT2D eigenvalue weighted by Gasteiger charge is -2.13. The fourth-order valence-electron chi connectivity index (χ4n) is 3.11. The molecule has 3 rings (SSSR count). The minimum Gasteiger partial charge on any atom is -0.495 e. The molecule has 0 saturated heterocycles. The van der Waals surface area contributed by atoms with Gasteiger partial charge in [-0.05, 0) is 43.2 Å².